The molecule has 0 unspecified atom stereocenters. The molecule has 9 rings (SSSR count). The minimum Gasteiger partial charge on any atom is -0.309 e. The van der Waals surface area contributed by atoms with Crippen LogP contribution in [0.4, 0.5) is 0 Å². The largest absolute Gasteiger partial charge is 0.309 e. The number of benzene rings is 7. The van der Waals surface area contributed by atoms with Gasteiger partial charge in [0.05, 0.1) is 33.7 Å². The van der Waals surface area contributed by atoms with Crippen molar-refractivity contribution >= 4 is 43.6 Å². The summed E-state index contributed by atoms with van der Waals surface area (Å²) in [5.74, 6) is 0. The van der Waals surface area contributed by atoms with Gasteiger partial charge in [-0.1, -0.05) is 91.0 Å². The summed E-state index contributed by atoms with van der Waals surface area (Å²) in [5, 5.41) is 14.2. The third-order valence-corrected chi connectivity index (χ3v) is 9.17. The van der Waals surface area contributed by atoms with Crippen LogP contribution >= 0.6 is 0 Å². The predicted octanol–water partition coefficient (Wildman–Crippen LogP) is 11.1. The van der Waals surface area contributed by atoms with Crippen molar-refractivity contribution in [3.63, 3.8) is 0 Å². The maximum atomic E-state index is 9.29. The summed E-state index contributed by atoms with van der Waals surface area (Å²) in [7, 11) is 0. The number of aromatic nitrogens is 2. The summed E-state index contributed by atoms with van der Waals surface area (Å²) in [6, 6.07) is 60.3. The molecule has 0 aliphatic carbocycles. The molecule has 0 bridgehead atoms. The van der Waals surface area contributed by atoms with E-state index in [1.807, 2.05) is 24.3 Å². The van der Waals surface area contributed by atoms with Gasteiger partial charge in [-0.05, 0) is 95.1 Å². The van der Waals surface area contributed by atoms with Crippen molar-refractivity contribution in [2.45, 2.75) is 0 Å². The molecule has 3 heteroatoms. The minimum atomic E-state index is 0.661. The first-order valence-electron chi connectivity index (χ1n) is 15.5. The van der Waals surface area contributed by atoms with Gasteiger partial charge >= 0.3 is 0 Å². The normalized spacial score (nSPS) is 11.5. The highest BCUT2D eigenvalue weighted by atomic mass is 15.0. The van der Waals surface area contributed by atoms with Crippen molar-refractivity contribution in [2.24, 2.45) is 0 Å². The van der Waals surface area contributed by atoms with Crippen LogP contribution in [0.1, 0.15) is 5.56 Å². The van der Waals surface area contributed by atoms with Gasteiger partial charge in [-0.3, -0.25) is 0 Å². The lowest BCUT2D eigenvalue weighted by Gasteiger charge is -2.09. The van der Waals surface area contributed by atoms with E-state index in [4.69, 9.17) is 0 Å². The van der Waals surface area contributed by atoms with Crippen LogP contribution in [0, 0.1) is 11.3 Å². The summed E-state index contributed by atoms with van der Waals surface area (Å²) in [4.78, 5) is 0. The van der Waals surface area contributed by atoms with Crippen LogP contribution in [0.2, 0.25) is 0 Å². The Morgan fingerprint density at radius 1 is 0.348 bits per heavy atom. The highest BCUT2D eigenvalue weighted by Crippen LogP contribution is 2.37. The molecule has 7 aromatic carbocycles. The Bertz CT molecular complexity index is 2610. The van der Waals surface area contributed by atoms with Crippen LogP contribution in [0.3, 0.4) is 0 Å². The molecule has 0 atom stereocenters. The Morgan fingerprint density at radius 2 is 0.761 bits per heavy atom. The number of rotatable bonds is 4. The number of para-hydroxylation sites is 3. The molecule has 0 radical (unpaired) electrons. The number of fused-ring (bicyclic) bond motifs is 6. The number of hydrogen-bond donors (Lipinski definition) is 0. The van der Waals surface area contributed by atoms with E-state index in [1.54, 1.807) is 0 Å². The van der Waals surface area contributed by atoms with Crippen molar-refractivity contribution in [3.05, 3.63) is 169 Å². The van der Waals surface area contributed by atoms with E-state index < -0.39 is 0 Å². The molecule has 46 heavy (non-hydrogen) atoms. The van der Waals surface area contributed by atoms with Crippen molar-refractivity contribution in [1.82, 2.24) is 9.13 Å². The number of nitrogens with zero attached hydrogens (tertiary/aromatic N) is 3. The smallest absolute Gasteiger partial charge is 0.0991 e. The third kappa shape index (κ3) is 4.05. The monoisotopic (exact) mass is 585 g/mol. The molecule has 3 nitrogen and oxygen atoms in total. The van der Waals surface area contributed by atoms with Crippen LogP contribution in [0.25, 0.3) is 77.2 Å². The molecule has 2 heterocycles. The van der Waals surface area contributed by atoms with E-state index in [9.17, 15) is 5.26 Å². The van der Waals surface area contributed by atoms with E-state index in [-0.39, 0.29) is 0 Å². The van der Waals surface area contributed by atoms with Gasteiger partial charge in [0.2, 0.25) is 0 Å². The van der Waals surface area contributed by atoms with Crippen LogP contribution in [-0.2, 0) is 0 Å². The average Bonchev–Trinajstić information content (AvgIpc) is 3.64. The van der Waals surface area contributed by atoms with E-state index in [1.165, 1.54) is 60.5 Å². The highest BCUT2D eigenvalue weighted by molar-refractivity contribution is 6.11. The van der Waals surface area contributed by atoms with Crippen LogP contribution in [0.15, 0.2) is 164 Å². The zero-order valence-corrected chi connectivity index (χ0v) is 24.9. The van der Waals surface area contributed by atoms with Gasteiger partial charge < -0.3 is 9.13 Å². The maximum Gasteiger partial charge on any atom is 0.0991 e. The van der Waals surface area contributed by atoms with E-state index in [0.717, 1.165) is 16.7 Å². The fourth-order valence-corrected chi connectivity index (χ4v) is 6.98. The summed E-state index contributed by atoms with van der Waals surface area (Å²) in [6.07, 6.45) is 0. The summed E-state index contributed by atoms with van der Waals surface area (Å²) in [6.45, 7) is 0. The molecule has 0 amide bonds. The van der Waals surface area contributed by atoms with Crippen LogP contribution < -0.4 is 0 Å². The fourth-order valence-electron chi connectivity index (χ4n) is 6.98. The van der Waals surface area contributed by atoms with Crippen LogP contribution in [0.5, 0.6) is 0 Å². The molecule has 0 aliphatic rings. The zero-order valence-electron chi connectivity index (χ0n) is 24.9. The Kier molecular flexibility index (Phi) is 5.88. The molecule has 214 valence electrons. The molecule has 0 fully saturated rings. The van der Waals surface area contributed by atoms with Crippen molar-refractivity contribution in [1.29, 1.82) is 5.26 Å². The topological polar surface area (TPSA) is 33.6 Å². The molecular formula is C43H27N3. The van der Waals surface area contributed by atoms with Gasteiger partial charge in [0, 0.05) is 32.9 Å². The van der Waals surface area contributed by atoms with Crippen LogP contribution in [-0.4, -0.2) is 9.13 Å². The van der Waals surface area contributed by atoms with Gasteiger partial charge in [0.25, 0.3) is 0 Å². The predicted molar refractivity (Wildman–Crippen MR) is 191 cm³/mol. The van der Waals surface area contributed by atoms with Crippen molar-refractivity contribution in [3.8, 4) is 39.7 Å². The molecule has 0 N–H and O–H groups in total. The maximum absolute atomic E-state index is 9.29. The number of nitriles is 1. The summed E-state index contributed by atoms with van der Waals surface area (Å²) in [5.41, 5.74) is 12.4. The quantitative estimate of drug-likeness (QED) is 0.202. The Labute approximate surface area is 266 Å². The lowest BCUT2D eigenvalue weighted by atomic mass is 9.98. The van der Waals surface area contributed by atoms with E-state index in [0.29, 0.717) is 5.56 Å². The van der Waals surface area contributed by atoms with Gasteiger partial charge in [-0.2, -0.15) is 5.26 Å². The molecule has 0 aliphatic heterocycles. The second-order valence-corrected chi connectivity index (χ2v) is 11.7. The second-order valence-electron chi connectivity index (χ2n) is 11.7. The first kappa shape index (κ1) is 26.1. The lowest BCUT2D eigenvalue weighted by molar-refractivity contribution is 1.18. The molecule has 2 aromatic heterocycles. The lowest BCUT2D eigenvalue weighted by Crippen LogP contribution is -1.93. The van der Waals surface area contributed by atoms with Gasteiger partial charge in [0.1, 0.15) is 0 Å². The average molecular weight is 586 g/mol. The summed E-state index contributed by atoms with van der Waals surface area (Å²) >= 11 is 0. The molecule has 9 aromatic rings. The van der Waals surface area contributed by atoms with Crippen molar-refractivity contribution < 1.29 is 0 Å². The highest BCUT2D eigenvalue weighted by Gasteiger charge is 2.15. The molecule has 0 spiro atoms. The fraction of sp³-hybridized carbons (Fsp3) is 0. The minimum absolute atomic E-state index is 0.661. The van der Waals surface area contributed by atoms with E-state index >= 15 is 0 Å². The standard InChI is InChI=1S/C43H27N3/c44-28-29-14-22-35(23-15-29)46-41-13-7-5-11-37(41)39-27-33(21-25-43(39)46)31-18-16-30(17-19-31)32-20-24-42-38(26-32)36-10-4-6-12-40(36)45(42)34-8-2-1-3-9-34/h1-27H. The van der Waals surface area contributed by atoms with Gasteiger partial charge in [-0.25, -0.2) is 0 Å². The Balaban J connectivity index is 1.11. The van der Waals surface area contributed by atoms with Crippen molar-refractivity contribution in [2.75, 3.05) is 0 Å². The second kappa shape index (κ2) is 10.4. The van der Waals surface area contributed by atoms with E-state index in [2.05, 4.69) is 155 Å². The SMILES string of the molecule is N#Cc1ccc(-n2c3ccccc3c3cc(-c4ccc(-c5ccc6c(c5)c5ccccc5n6-c5ccccc5)cc4)ccc32)cc1. The Morgan fingerprint density at radius 3 is 1.26 bits per heavy atom. The zero-order chi connectivity index (χ0) is 30.6. The Hall–Kier alpha value is -6.37. The summed E-state index contributed by atoms with van der Waals surface area (Å²) < 4.78 is 4.63. The molecule has 0 saturated carbocycles. The molecular weight excluding hydrogens is 558 g/mol. The molecule has 0 saturated heterocycles. The van der Waals surface area contributed by atoms with Gasteiger partial charge in [0.15, 0.2) is 0 Å². The number of hydrogen-bond acceptors (Lipinski definition) is 1. The first-order valence-corrected chi connectivity index (χ1v) is 15.5. The third-order valence-electron chi connectivity index (χ3n) is 9.17. The van der Waals surface area contributed by atoms with Gasteiger partial charge in [-0.15, -0.1) is 0 Å². The first-order chi connectivity index (χ1) is 22.8.